The van der Waals surface area contributed by atoms with E-state index in [9.17, 15) is 9.18 Å². The van der Waals surface area contributed by atoms with Crippen LogP contribution >= 0.6 is 11.8 Å². The SMILES string of the molecule is O=C(c1ccccc1CSc1nnc(Cc2ccccc2)n1-c1ccc(F)cc1)N1CCCC1. The normalized spacial score (nSPS) is 13.4. The van der Waals surface area contributed by atoms with Crippen molar-refractivity contribution in [3.05, 3.63) is 107 Å². The molecule has 1 fully saturated rings. The Balaban J connectivity index is 1.43. The number of thioether (sulfide) groups is 1. The van der Waals surface area contributed by atoms with E-state index in [4.69, 9.17) is 0 Å². The molecule has 0 radical (unpaired) electrons. The second-order valence-electron chi connectivity index (χ2n) is 8.32. The van der Waals surface area contributed by atoms with Gasteiger partial charge in [0.05, 0.1) is 0 Å². The molecule has 0 N–H and O–H groups in total. The topological polar surface area (TPSA) is 51.0 Å². The molecule has 1 saturated heterocycles. The predicted molar refractivity (Wildman–Crippen MR) is 132 cm³/mol. The molecule has 0 saturated carbocycles. The summed E-state index contributed by atoms with van der Waals surface area (Å²) < 4.78 is 15.6. The van der Waals surface area contributed by atoms with E-state index in [1.54, 1.807) is 12.1 Å². The van der Waals surface area contributed by atoms with Gasteiger partial charge in [-0.15, -0.1) is 10.2 Å². The minimum Gasteiger partial charge on any atom is -0.339 e. The Bertz CT molecular complexity index is 1270. The summed E-state index contributed by atoms with van der Waals surface area (Å²) in [6.07, 6.45) is 2.73. The number of aromatic nitrogens is 3. The lowest BCUT2D eigenvalue weighted by atomic mass is 10.1. The van der Waals surface area contributed by atoms with Crippen molar-refractivity contribution in [3.63, 3.8) is 0 Å². The third-order valence-corrected chi connectivity index (χ3v) is 6.97. The molecule has 34 heavy (non-hydrogen) atoms. The summed E-state index contributed by atoms with van der Waals surface area (Å²) in [6, 6.07) is 24.2. The van der Waals surface area contributed by atoms with Crippen molar-refractivity contribution < 1.29 is 9.18 Å². The number of hydrogen-bond donors (Lipinski definition) is 0. The van der Waals surface area contributed by atoms with Gasteiger partial charge in [0.15, 0.2) is 5.16 Å². The summed E-state index contributed by atoms with van der Waals surface area (Å²) in [5.74, 6) is 1.17. The lowest BCUT2D eigenvalue weighted by Crippen LogP contribution is -2.28. The maximum atomic E-state index is 13.6. The number of rotatable bonds is 7. The first-order valence-electron chi connectivity index (χ1n) is 11.4. The van der Waals surface area contributed by atoms with Crippen LogP contribution in [0.1, 0.15) is 40.2 Å². The Morgan fingerprint density at radius 2 is 1.59 bits per heavy atom. The highest BCUT2D eigenvalue weighted by molar-refractivity contribution is 7.98. The average Bonchev–Trinajstić information content (AvgIpc) is 3.54. The van der Waals surface area contributed by atoms with Crippen LogP contribution in [-0.2, 0) is 12.2 Å². The number of likely N-dealkylation sites (tertiary alicyclic amines) is 1. The van der Waals surface area contributed by atoms with E-state index in [0.29, 0.717) is 17.3 Å². The van der Waals surface area contributed by atoms with Gasteiger partial charge in [0, 0.05) is 36.5 Å². The molecular formula is C27H25FN4OS. The van der Waals surface area contributed by atoms with Crippen LogP contribution < -0.4 is 0 Å². The highest BCUT2D eigenvalue weighted by atomic mass is 32.2. The first-order valence-corrected chi connectivity index (χ1v) is 12.4. The minimum absolute atomic E-state index is 0.0958. The van der Waals surface area contributed by atoms with Crippen LogP contribution in [0.25, 0.3) is 5.69 Å². The first kappa shape index (κ1) is 22.3. The van der Waals surface area contributed by atoms with Crippen LogP contribution in [0.3, 0.4) is 0 Å². The molecule has 0 atom stereocenters. The number of carbonyl (C=O) groups is 1. The van der Waals surface area contributed by atoms with E-state index >= 15 is 0 Å². The van der Waals surface area contributed by atoms with E-state index in [1.165, 1.54) is 23.9 Å². The molecule has 1 aliphatic heterocycles. The second-order valence-corrected chi connectivity index (χ2v) is 9.26. The molecule has 0 aliphatic carbocycles. The molecule has 3 aromatic carbocycles. The number of amides is 1. The molecule has 4 aromatic rings. The highest BCUT2D eigenvalue weighted by Gasteiger charge is 2.22. The van der Waals surface area contributed by atoms with Gasteiger partial charge in [-0.2, -0.15) is 0 Å². The van der Waals surface area contributed by atoms with E-state index in [0.717, 1.165) is 54.1 Å². The standard InChI is InChI=1S/C27H25FN4OS/c28-22-12-14-23(15-13-22)32-25(18-20-8-2-1-3-9-20)29-30-27(32)34-19-21-10-4-5-11-24(21)26(33)31-16-6-7-17-31/h1-5,8-15H,6-7,16-19H2. The van der Waals surface area contributed by atoms with E-state index in [1.807, 2.05) is 51.9 Å². The lowest BCUT2D eigenvalue weighted by Gasteiger charge is -2.17. The Morgan fingerprint density at radius 1 is 0.882 bits per heavy atom. The van der Waals surface area contributed by atoms with E-state index in [-0.39, 0.29) is 11.7 Å². The van der Waals surface area contributed by atoms with Gasteiger partial charge in [0.1, 0.15) is 11.6 Å². The van der Waals surface area contributed by atoms with Gasteiger partial charge in [-0.05, 0) is 54.3 Å². The zero-order valence-electron chi connectivity index (χ0n) is 18.7. The van der Waals surface area contributed by atoms with Crippen molar-refractivity contribution >= 4 is 17.7 Å². The summed E-state index contributed by atoms with van der Waals surface area (Å²) in [4.78, 5) is 15.0. The summed E-state index contributed by atoms with van der Waals surface area (Å²) in [7, 11) is 0. The monoisotopic (exact) mass is 472 g/mol. The van der Waals surface area contributed by atoms with Gasteiger partial charge >= 0.3 is 0 Å². The van der Waals surface area contributed by atoms with Crippen molar-refractivity contribution in [3.8, 4) is 5.69 Å². The number of hydrogen-bond acceptors (Lipinski definition) is 4. The third kappa shape index (κ3) is 4.89. The van der Waals surface area contributed by atoms with Crippen LogP contribution in [0.2, 0.25) is 0 Å². The first-order chi connectivity index (χ1) is 16.7. The molecule has 5 nitrogen and oxygen atoms in total. The number of nitrogens with zero attached hydrogens (tertiary/aromatic N) is 4. The summed E-state index contributed by atoms with van der Waals surface area (Å²) in [6.45, 7) is 1.64. The molecule has 2 heterocycles. The van der Waals surface area contributed by atoms with Crippen molar-refractivity contribution in [2.45, 2.75) is 30.2 Å². The second kappa shape index (κ2) is 10.2. The third-order valence-electron chi connectivity index (χ3n) is 5.99. The minimum atomic E-state index is -0.287. The number of benzene rings is 3. The van der Waals surface area contributed by atoms with Crippen LogP contribution in [-0.4, -0.2) is 38.7 Å². The molecule has 1 aromatic heterocycles. The molecular weight excluding hydrogens is 447 g/mol. The fourth-order valence-electron chi connectivity index (χ4n) is 4.22. The molecule has 1 amide bonds. The summed E-state index contributed by atoms with van der Waals surface area (Å²) in [5.41, 5.74) is 3.65. The molecule has 172 valence electrons. The molecule has 1 aliphatic rings. The molecule has 0 spiro atoms. The molecule has 0 bridgehead atoms. The zero-order valence-corrected chi connectivity index (χ0v) is 19.5. The average molecular weight is 473 g/mol. The smallest absolute Gasteiger partial charge is 0.254 e. The van der Waals surface area contributed by atoms with Gasteiger partial charge < -0.3 is 4.90 Å². The van der Waals surface area contributed by atoms with Crippen molar-refractivity contribution in [1.29, 1.82) is 0 Å². The van der Waals surface area contributed by atoms with Crippen LogP contribution in [0.15, 0.2) is 84.0 Å². The fourth-order valence-corrected chi connectivity index (χ4v) is 5.20. The molecule has 7 heteroatoms. The van der Waals surface area contributed by atoms with Gasteiger partial charge in [0.25, 0.3) is 5.91 Å². The molecule has 5 rings (SSSR count). The number of halogens is 1. The summed E-state index contributed by atoms with van der Waals surface area (Å²) >= 11 is 1.53. The maximum Gasteiger partial charge on any atom is 0.254 e. The summed E-state index contributed by atoms with van der Waals surface area (Å²) in [5, 5.41) is 9.64. The zero-order chi connectivity index (χ0) is 23.3. The van der Waals surface area contributed by atoms with Gasteiger partial charge in [0.2, 0.25) is 0 Å². The van der Waals surface area contributed by atoms with E-state index in [2.05, 4.69) is 22.3 Å². The Kier molecular flexibility index (Phi) is 6.72. The van der Waals surface area contributed by atoms with Crippen LogP contribution in [0.4, 0.5) is 4.39 Å². The van der Waals surface area contributed by atoms with Crippen molar-refractivity contribution in [2.75, 3.05) is 13.1 Å². The van der Waals surface area contributed by atoms with Crippen molar-refractivity contribution in [1.82, 2.24) is 19.7 Å². The Morgan fingerprint density at radius 3 is 2.35 bits per heavy atom. The molecule has 0 unspecified atom stereocenters. The maximum absolute atomic E-state index is 13.6. The van der Waals surface area contributed by atoms with Crippen LogP contribution in [0.5, 0.6) is 0 Å². The number of carbonyl (C=O) groups excluding carboxylic acids is 1. The lowest BCUT2D eigenvalue weighted by molar-refractivity contribution is 0.0792. The highest BCUT2D eigenvalue weighted by Crippen LogP contribution is 2.28. The largest absolute Gasteiger partial charge is 0.339 e. The Hall–Kier alpha value is -3.45. The quantitative estimate of drug-likeness (QED) is 0.332. The predicted octanol–water partition coefficient (Wildman–Crippen LogP) is 5.53. The van der Waals surface area contributed by atoms with Gasteiger partial charge in [-0.1, -0.05) is 60.3 Å². The van der Waals surface area contributed by atoms with Crippen molar-refractivity contribution in [2.24, 2.45) is 0 Å². The van der Waals surface area contributed by atoms with Gasteiger partial charge in [-0.3, -0.25) is 9.36 Å². The fraction of sp³-hybridized carbons (Fsp3) is 0.222. The van der Waals surface area contributed by atoms with Gasteiger partial charge in [-0.25, -0.2) is 4.39 Å². The van der Waals surface area contributed by atoms with Crippen LogP contribution in [0, 0.1) is 5.82 Å². The van der Waals surface area contributed by atoms with E-state index < -0.39 is 0 Å². The Labute approximate surface area is 202 Å².